The number of nitro groups is 1. The Labute approximate surface area is 125 Å². The first-order valence-corrected chi connectivity index (χ1v) is 7.28. The molecule has 1 aliphatic rings. The molecule has 1 atom stereocenters. The average Bonchev–Trinajstić information content (AvgIpc) is 2.90. The predicted octanol–water partition coefficient (Wildman–Crippen LogP) is 2.83. The van der Waals surface area contributed by atoms with E-state index in [2.05, 4.69) is 26.6 Å². The molecular weight excluding hydrogens is 326 g/mol. The van der Waals surface area contributed by atoms with Crippen LogP contribution in [0.2, 0.25) is 0 Å². The van der Waals surface area contributed by atoms with Gasteiger partial charge in [-0.25, -0.2) is 0 Å². The van der Waals surface area contributed by atoms with Crippen LogP contribution in [-0.4, -0.2) is 22.9 Å². The first-order chi connectivity index (χ1) is 9.48. The lowest BCUT2D eigenvalue weighted by atomic mass is 9.93. The lowest BCUT2D eigenvalue weighted by Crippen LogP contribution is -2.50. The van der Waals surface area contributed by atoms with E-state index in [0.717, 1.165) is 19.4 Å². The van der Waals surface area contributed by atoms with E-state index >= 15 is 0 Å². The second kappa shape index (κ2) is 5.88. The molecule has 1 aromatic rings. The second-order valence-corrected chi connectivity index (χ2v) is 5.75. The number of rotatable bonds is 4. The van der Waals surface area contributed by atoms with Gasteiger partial charge in [0.05, 0.1) is 10.5 Å². The standard InChI is InChI=1S/C13H16BrN3O3/c1-2-13(6-3-7-15-13)12(18)16-10-5-4-9(14)8-11(10)17(19)20/h4-5,8,15H,2-3,6-7H2,1H3,(H,16,18). The van der Waals surface area contributed by atoms with Gasteiger partial charge in [0.1, 0.15) is 5.69 Å². The summed E-state index contributed by atoms with van der Waals surface area (Å²) in [7, 11) is 0. The highest BCUT2D eigenvalue weighted by Crippen LogP contribution is 2.30. The number of benzene rings is 1. The van der Waals surface area contributed by atoms with E-state index in [1.807, 2.05) is 6.92 Å². The topological polar surface area (TPSA) is 84.3 Å². The maximum absolute atomic E-state index is 12.4. The van der Waals surface area contributed by atoms with Crippen molar-refractivity contribution >= 4 is 33.2 Å². The van der Waals surface area contributed by atoms with Gasteiger partial charge in [0.15, 0.2) is 0 Å². The number of halogens is 1. The molecule has 2 rings (SSSR count). The molecular formula is C13H16BrN3O3. The van der Waals surface area contributed by atoms with Crippen LogP contribution in [0.25, 0.3) is 0 Å². The van der Waals surface area contributed by atoms with Gasteiger partial charge in [0.25, 0.3) is 5.69 Å². The van der Waals surface area contributed by atoms with E-state index in [0.29, 0.717) is 10.9 Å². The quantitative estimate of drug-likeness (QED) is 0.651. The number of hydrogen-bond acceptors (Lipinski definition) is 4. The number of nitrogens with one attached hydrogen (secondary N) is 2. The van der Waals surface area contributed by atoms with Gasteiger partial charge in [-0.1, -0.05) is 22.9 Å². The molecule has 0 saturated carbocycles. The molecule has 1 fully saturated rings. The molecule has 7 heteroatoms. The molecule has 2 N–H and O–H groups in total. The second-order valence-electron chi connectivity index (χ2n) is 4.84. The van der Waals surface area contributed by atoms with E-state index in [-0.39, 0.29) is 17.3 Å². The lowest BCUT2D eigenvalue weighted by molar-refractivity contribution is -0.384. The molecule has 1 saturated heterocycles. The number of carbonyl (C=O) groups excluding carboxylic acids is 1. The summed E-state index contributed by atoms with van der Waals surface area (Å²) in [6.07, 6.45) is 2.34. The molecule has 0 radical (unpaired) electrons. The SMILES string of the molecule is CCC1(C(=O)Nc2ccc(Br)cc2[N+](=O)[O-])CCCN1. The predicted molar refractivity (Wildman–Crippen MR) is 79.7 cm³/mol. The largest absolute Gasteiger partial charge is 0.319 e. The first-order valence-electron chi connectivity index (χ1n) is 6.49. The highest BCUT2D eigenvalue weighted by atomic mass is 79.9. The minimum absolute atomic E-state index is 0.114. The maximum Gasteiger partial charge on any atom is 0.293 e. The Balaban J connectivity index is 2.25. The van der Waals surface area contributed by atoms with Crippen LogP contribution in [0.3, 0.4) is 0 Å². The van der Waals surface area contributed by atoms with Crippen LogP contribution in [0, 0.1) is 10.1 Å². The Kier molecular flexibility index (Phi) is 4.39. The van der Waals surface area contributed by atoms with Gasteiger partial charge < -0.3 is 10.6 Å². The summed E-state index contributed by atoms with van der Waals surface area (Å²) in [6, 6.07) is 4.60. The highest BCUT2D eigenvalue weighted by Gasteiger charge is 2.39. The third kappa shape index (κ3) is 2.83. The van der Waals surface area contributed by atoms with E-state index < -0.39 is 10.5 Å². The van der Waals surface area contributed by atoms with Crippen LogP contribution in [0.5, 0.6) is 0 Å². The van der Waals surface area contributed by atoms with Crippen molar-refractivity contribution in [1.29, 1.82) is 0 Å². The van der Waals surface area contributed by atoms with Crippen molar-refractivity contribution in [2.75, 3.05) is 11.9 Å². The molecule has 1 amide bonds. The highest BCUT2D eigenvalue weighted by molar-refractivity contribution is 9.10. The first kappa shape index (κ1) is 14.9. The van der Waals surface area contributed by atoms with Crippen LogP contribution in [0.1, 0.15) is 26.2 Å². The normalized spacial score (nSPS) is 21.7. The summed E-state index contributed by atoms with van der Waals surface area (Å²) < 4.78 is 0.603. The van der Waals surface area contributed by atoms with Crippen LogP contribution >= 0.6 is 15.9 Å². The zero-order chi connectivity index (χ0) is 14.8. The van der Waals surface area contributed by atoms with Gasteiger partial charge in [-0.2, -0.15) is 0 Å². The van der Waals surface area contributed by atoms with Gasteiger partial charge in [0, 0.05) is 10.5 Å². The fourth-order valence-electron chi connectivity index (χ4n) is 2.47. The Morgan fingerprint density at radius 3 is 2.90 bits per heavy atom. The Morgan fingerprint density at radius 2 is 2.35 bits per heavy atom. The smallest absolute Gasteiger partial charge is 0.293 e. The van der Waals surface area contributed by atoms with Crippen LogP contribution in [0.15, 0.2) is 22.7 Å². The lowest BCUT2D eigenvalue weighted by Gasteiger charge is -2.26. The monoisotopic (exact) mass is 341 g/mol. The summed E-state index contributed by atoms with van der Waals surface area (Å²) in [5, 5.41) is 16.9. The van der Waals surface area contributed by atoms with Crippen molar-refractivity contribution < 1.29 is 9.72 Å². The summed E-state index contributed by atoms with van der Waals surface area (Å²) in [6.45, 7) is 2.73. The molecule has 1 heterocycles. The Morgan fingerprint density at radius 1 is 1.60 bits per heavy atom. The van der Waals surface area contributed by atoms with E-state index in [1.54, 1.807) is 12.1 Å². The molecule has 1 aliphatic heterocycles. The fourth-order valence-corrected chi connectivity index (χ4v) is 2.81. The summed E-state index contributed by atoms with van der Waals surface area (Å²) in [5.41, 5.74) is -0.497. The molecule has 0 bridgehead atoms. The summed E-state index contributed by atoms with van der Waals surface area (Å²) in [4.78, 5) is 23.0. The van der Waals surface area contributed by atoms with Crippen molar-refractivity contribution in [3.8, 4) is 0 Å². The van der Waals surface area contributed by atoms with E-state index in [4.69, 9.17) is 0 Å². The fraction of sp³-hybridized carbons (Fsp3) is 0.462. The van der Waals surface area contributed by atoms with E-state index in [9.17, 15) is 14.9 Å². The Bertz CT molecular complexity index is 542. The molecule has 0 spiro atoms. The van der Waals surface area contributed by atoms with E-state index in [1.165, 1.54) is 6.07 Å². The van der Waals surface area contributed by atoms with Crippen LogP contribution in [-0.2, 0) is 4.79 Å². The van der Waals surface area contributed by atoms with Crippen molar-refractivity contribution in [2.24, 2.45) is 0 Å². The zero-order valence-electron chi connectivity index (χ0n) is 11.1. The minimum Gasteiger partial charge on any atom is -0.319 e. The molecule has 0 aromatic heterocycles. The average molecular weight is 342 g/mol. The molecule has 6 nitrogen and oxygen atoms in total. The van der Waals surface area contributed by atoms with Crippen LogP contribution < -0.4 is 10.6 Å². The summed E-state index contributed by atoms with van der Waals surface area (Å²) in [5.74, 6) is -0.206. The van der Waals surface area contributed by atoms with Crippen LogP contribution in [0.4, 0.5) is 11.4 Å². The number of nitro benzene ring substituents is 1. The minimum atomic E-state index is -0.610. The summed E-state index contributed by atoms with van der Waals surface area (Å²) >= 11 is 3.19. The number of hydrogen-bond donors (Lipinski definition) is 2. The number of carbonyl (C=O) groups is 1. The number of amides is 1. The van der Waals surface area contributed by atoms with Gasteiger partial charge in [0.2, 0.25) is 5.91 Å². The van der Waals surface area contributed by atoms with Crippen molar-refractivity contribution in [3.63, 3.8) is 0 Å². The van der Waals surface area contributed by atoms with Gasteiger partial charge in [-0.3, -0.25) is 14.9 Å². The zero-order valence-corrected chi connectivity index (χ0v) is 12.7. The van der Waals surface area contributed by atoms with Crippen molar-refractivity contribution in [3.05, 3.63) is 32.8 Å². The maximum atomic E-state index is 12.4. The van der Waals surface area contributed by atoms with Crippen molar-refractivity contribution in [1.82, 2.24) is 5.32 Å². The molecule has 1 aromatic carbocycles. The van der Waals surface area contributed by atoms with Gasteiger partial charge in [-0.05, 0) is 37.9 Å². The molecule has 20 heavy (non-hydrogen) atoms. The third-order valence-corrected chi connectivity index (χ3v) is 4.18. The third-order valence-electron chi connectivity index (χ3n) is 3.69. The van der Waals surface area contributed by atoms with Gasteiger partial charge >= 0.3 is 0 Å². The Hall–Kier alpha value is -1.47. The molecule has 0 aliphatic carbocycles. The molecule has 1 unspecified atom stereocenters. The van der Waals surface area contributed by atoms with Gasteiger partial charge in [-0.15, -0.1) is 0 Å². The number of anilines is 1. The van der Waals surface area contributed by atoms with Crippen molar-refractivity contribution in [2.45, 2.75) is 31.7 Å². The molecule has 108 valence electrons. The number of nitrogens with zero attached hydrogens (tertiary/aromatic N) is 1.